The molecule has 0 aliphatic carbocycles. The van der Waals surface area contributed by atoms with Crippen molar-refractivity contribution in [3.63, 3.8) is 0 Å². The highest BCUT2D eigenvalue weighted by molar-refractivity contribution is 7.99. The number of nitrogens with one attached hydrogen (secondary N) is 1. The van der Waals surface area contributed by atoms with E-state index in [1.807, 2.05) is 11.3 Å². The van der Waals surface area contributed by atoms with Crippen molar-refractivity contribution in [3.05, 3.63) is 22.4 Å². The third-order valence-corrected chi connectivity index (χ3v) is 5.18. The number of hydrogen-bond donors (Lipinski definition) is 1. The van der Waals surface area contributed by atoms with Crippen molar-refractivity contribution >= 4 is 23.1 Å². The fraction of sp³-hybridized carbons (Fsp3) is 0.667. The second kappa shape index (κ2) is 5.92. The molecule has 1 saturated heterocycles. The van der Waals surface area contributed by atoms with E-state index in [9.17, 15) is 0 Å². The van der Waals surface area contributed by atoms with Gasteiger partial charge in [0.1, 0.15) is 0 Å². The van der Waals surface area contributed by atoms with Crippen LogP contribution in [0.3, 0.4) is 0 Å². The van der Waals surface area contributed by atoms with Crippen LogP contribution in [0.2, 0.25) is 0 Å². The highest BCUT2D eigenvalue weighted by Gasteiger charge is 2.19. The van der Waals surface area contributed by atoms with Gasteiger partial charge in [-0.2, -0.15) is 11.8 Å². The Morgan fingerprint density at radius 3 is 2.87 bits per heavy atom. The predicted octanol–water partition coefficient (Wildman–Crippen LogP) is 3.54. The molecule has 84 valence electrons. The summed E-state index contributed by atoms with van der Waals surface area (Å²) < 4.78 is 0. The van der Waals surface area contributed by atoms with Gasteiger partial charge < -0.3 is 5.32 Å². The molecule has 1 N–H and O–H groups in total. The number of thioether (sulfide) groups is 1. The van der Waals surface area contributed by atoms with Crippen LogP contribution in [-0.2, 0) is 0 Å². The maximum Gasteiger partial charge on any atom is 0.0415 e. The third-order valence-electron chi connectivity index (χ3n) is 3.14. The van der Waals surface area contributed by atoms with E-state index in [0.29, 0.717) is 6.04 Å². The first-order chi connectivity index (χ1) is 7.40. The quantitative estimate of drug-likeness (QED) is 0.865. The van der Waals surface area contributed by atoms with Crippen LogP contribution in [0.4, 0.5) is 0 Å². The molecule has 0 spiro atoms. The smallest absolute Gasteiger partial charge is 0.0415 e. The van der Waals surface area contributed by atoms with E-state index in [0.717, 1.165) is 5.92 Å². The first-order valence-corrected chi connectivity index (χ1v) is 7.72. The Labute approximate surface area is 101 Å². The van der Waals surface area contributed by atoms with Gasteiger partial charge in [0, 0.05) is 10.9 Å². The Morgan fingerprint density at radius 1 is 1.47 bits per heavy atom. The lowest BCUT2D eigenvalue weighted by Gasteiger charge is -2.25. The third kappa shape index (κ3) is 3.23. The average molecular weight is 241 g/mol. The maximum atomic E-state index is 3.46. The van der Waals surface area contributed by atoms with E-state index in [1.54, 1.807) is 0 Å². The molecule has 2 heterocycles. The summed E-state index contributed by atoms with van der Waals surface area (Å²) in [6.07, 6.45) is 4.14. The zero-order chi connectivity index (χ0) is 10.5. The second-order valence-electron chi connectivity index (χ2n) is 4.15. The molecule has 0 aromatic carbocycles. The Hall–Kier alpha value is 0.01000. The Morgan fingerprint density at radius 2 is 2.27 bits per heavy atom. The lowest BCUT2D eigenvalue weighted by atomic mass is 9.94. The molecule has 1 unspecified atom stereocenters. The summed E-state index contributed by atoms with van der Waals surface area (Å²) >= 11 is 3.99. The zero-order valence-corrected chi connectivity index (χ0v) is 10.9. The summed E-state index contributed by atoms with van der Waals surface area (Å²) in [7, 11) is 2.09. The topological polar surface area (TPSA) is 12.0 Å². The Balaban J connectivity index is 1.90. The summed E-state index contributed by atoms with van der Waals surface area (Å²) in [5.74, 6) is 3.67. The van der Waals surface area contributed by atoms with E-state index in [2.05, 4.69) is 41.6 Å². The molecule has 1 aliphatic heterocycles. The standard InChI is InChI=1S/C12H19NS2/c1-13-11(12-3-2-6-15-12)9-10-4-7-14-8-5-10/h2-3,6,10-11,13H,4-5,7-9H2,1H3. The van der Waals surface area contributed by atoms with Gasteiger partial charge >= 0.3 is 0 Å². The van der Waals surface area contributed by atoms with Gasteiger partial charge in [-0.25, -0.2) is 0 Å². The van der Waals surface area contributed by atoms with Crippen molar-refractivity contribution in [2.24, 2.45) is 5.92 Å². The molecule has 0 bridgehead atoms. The van der Waals surface area contributed by atoms with Crippen molar-refractivity contribution < 1.29 is 0 Å². The van der Waals surface area contributed by atoms with Crippen molar-refractivity contribution in [1.82, 2.24) is 5.32 Å². The minimum absolute atomic E-state index is 0.582. The molecule has 1 aliphatic rings. The molecule has 3 heteroatoms. The van der Waals surface area contributed by atoms with Crippen LogP contribution in [0.5, 0.6) is 0 Å². The number of thiophene rings is 1. The molecule has 1 fully saturated rings. The van der Waals surface area contributed by atoms with E-state index in [-0.39, 0.29) is 0 Å². The highest BCUT2D eigenvalue weighted by atomic mass is 32.2. The zero-order valence-electron chi connectivity index (χ0n) is 9.24. The van der Waals surface area contributed by atoms with Gasteiger partial charge in [0.25, 0.3) is 0 Å². The SMILES string of the molecule is CNC(CC1CCSCC1)c1cccs1. The molecule has 0 saturated carbocycles. The van der Waals surface area contributed by atoms with E-state index in [4.69, 9.17) is 0 Å². The van der Waals surface area contributed by atoms with Gasteiger partial charge in [-0.15, -0.1) is 11.3 Å². The average Bonchev–Trinajstić information content (AvgIpc) is 2.81. The van der Waals surface area contributed by atoms with Crippen LogP contribution in [0.25, 0.3) is 0 Å². The first kappa shape index (κ1) is 11.5. The lowest BCUT2D eigenvalue weighted by molar-refractivity contribution is 0.387. The van der Waals surface area contributed by atoms with Gasteiger partial charge in [0.05, 0.1) is 0 Å². The van der Waals surface area contributed by atoms with E-state index in [1.165, 1.54) is 35.6 Å². The fourth-order valence-electron chi connectivity index (χ4n) is 2.18. The van der Waals surface area contributed by atoms with Crippen molar-refractivity contribution in [3.8, 4) is 0 Å². The predicted molar refractivity (Wildman–Crippen MR) is 70.8 cm³/mol. The summed E-state index contributed by atoms with van der Waals surface area (Å²) in [4.78, 5) is 1.50. The largest absolute Gasteiger partial charge is 0.312 e. The van der Waals surface area contributed by atoms with Crippen molar-refractivity contribution in [2.75, 3.05) is 18.6 Å². The molecule has 2 rings (SSSR count). The normalized spacial score (nSPS) is 20.3. The molecule has 0 radical (unpaired) electrons. The number of hydrogen-bond acceptors (Lipinski definition) is 3. The van der Waals surface area contributed by atoms with Crippen LogP contribution in [0.1, 0.15) is 30.2 Å². The highest BCUT2D eigenvalue weighted by Crippen LogP contribution is 2.32. The summed E-state index contributed by atoms with van der Waals surface area (Å²) in [5, 5.41) is 5.63. The lowest BCUT2D eigenvalue weighted by Crippen LogP contribution is -2.21. The first-order valence-electron chi connectivity index (χ1n) is 5.68. The fourth-order valence-corrected chi connectivity index (χ4v) is 4.24. The summed E-state index contributed by atoms with van der Waals surface area (Å²) in [6.45, 7) is 0. The van der Waals surface area contributed by atoms with E-state index < -0.39 is 0 Å². The van der Waals surface area contributed by atoms with E-state index >= 15 is 0 Å². The molecule has 1 atom stereocenters. The van der Waals surface area contributed by atoms with Gasteiger partial charge in [0.2, 0.25) is 0 Å². The molecule has 1 nitrogen and oxygen atoms in total. The maximum absolute atomic E-state index is 3.46. The van der Waals surface area contributed by atoms with Gasteiger partial charge in [-0.05, 0) is 55.2 Å². The van der Waals surface area contributed by atoms with Gasteiger partial charge in [0.15, 0.2) is 0 Å². The van der Waals surface area contributed by atoms with Crippen LogP contribution < -0.4 is 5.32 Å². The van der Waals surface area contributed by atoms with Crippen LogP contribution in [-0.4, -0.2) is 18.6 Å². The molecular formula is C12H19NS2. The van der Waals surface area contributed by atoms with Crippen molar-refractivity contribution in [1.29, 1.82) is 0 Å². The Kier molecular flexibility index (Phi) is 4.54. The minimum atomic E-state index is 0.582. The monoisotopic (exact) mass is 241 g/mol. The summed E-state index contributed by atoms with van der Waals surface area (Å²) in [6, 6.07) is 4.99. The molecule has 15 heavy (non-hydrogen) atoms. The molecule has 1 aromatic rings. The van der Waals surface area contributed by atoms with Crippen LogP contribution in [0, 0.1) is 5.92 Å². The second-order valence-corrected chi connectivity index (χ2v) is 6.35. The Bertz CT molecular complexity index is 265. The van der Waals surface area contributed by atoms with Crippen molar-refractivity contribution in [2.45, 2.75) is 25.3 Å². The van der Waals surface area contributed by atoms with Crippen LogP contribution >= 0.6 is 23.1 Å². The molecular weight excluding hydrogens is 222 g/mol. The molecule has 1 aromatic heterocycles. The number of rotatable bonds is 4. The van der Waals surface area contributed by atoms with Gasteiger partial charge in [-0.3, -0.25) is 0 Å². The van der Waals surface area contributed by atoms with Crippen LogP contribution in [0.15, 0.2) is 17.5 Å². The minimum Gasteiger partial charge on any atom is -0.312 e. The summed E-state index contributed by atoms with van der Waals surface area (Å²) in [5.41, 5.74) is 0. The van der Waals surface area contributed by atoms with Gasteiger partial charge in [-0.1, -0.05) is 6.07 Å². The molecule has 0 amide bonds.